The van der Waals surface area contributed by atoms with E-state index in [1.807, 2.05) is 0 Å². The van der Waals surface area contributed by atoms with Gasteiger partial charge in [0.1, 0.15) is 0 Å². The predicted octanol–water partition coefficient (Wildman–Crippen LogP) is -0.340. The van der Waals surface area contributed by atoms with Crippen LogP contribution in [0, 0.1) is 0 Å². The Bertz CT molecular complexity index is 7.61. The molecule has 5 heteroatoms. The first-order valence-electron chi connectivity index (χ1n) is 0.333. The van der Waals surface area contributed by atoms with Crippen molar-refractivity contribution in [2.75, 3.05) is 0 Å². The fourth-order valence-electron chi connectivity index (χ4n) is 0. The average Bonchev–Trinajstić information content (AvgIpc) is 1.00. The van der Waals surface area contributed by atoms with Crippen molar-refractivity contribution in [3.05, 3.63) is 0 Å². The van der Waals surface area contributed by atoms with Crippen LogP contribution in [0.25, 0.3) is 0 Å². The monoisotopic (exact) mass is 297 g/mol. The van der Waals surface area contributed by atoms with Gasteiger partial charge >= 0.3 is 0 Å². The SMILES string of the molecule is Cl.Cl.NN.[Ir]. The maximum absolute atomic E-state index is 4.00. The minimum absolute atomic E-state index is 0. The van der Waals surface area contributed by atoms with Crippen LogP contribution < -0.4 is 11.7 Å². The van der Waals surface area contributed by atoms with Crippen LogP contribution in [-0.2, 0) is 20.1 Å². The van der Waals surface area contributed by atoms with E-state index in [4.69, 9.17) is 0 Å². The minimum atomic E-state index is 0. The van der Waals surface area contributed by atoms with E-state index in [1.165, 1.54) is 0 Å². The van der Waals surface area contributed by atoms with E-state index in [-0.39, 0.29) is 44.9 Å². The van der Waals surface area contributed by atoms with Crippen molar-refractivity contribution in [2.45, 2.75) is 0 Å². The topological polar surface area (TPSA) is 52.0 Å². The van der Waals surface area contributed by atoms with Crippen molar-refractivity contribution in [1.82, 2.24) is 0 Å². The van der Waals surface area contributed by atoms with Crippen molar-refractivity contribution in [2.24, 2.45) is 11.7 Å². The number of hydrogen-bond acceptors (Lipinski definition) is 2. The maximum Gasteiger partial charge on any atom is 0 e. The zero-order valence-electron chi connectivity index (χ0n) is 2.30. The predicted molar refractivity (Wildman–Crippen MR) is 22.9 cm³/mol. The van der Waals surface area contributed by atoms with Gasteiger partial charge in [-0.3, -0.25) is 11.7 Å². The van der Waals surface area contributed by atoms with Crippen LogP contribution >= 0.6 is 24.8 Å². The quantitative estimate of drug-likeness (QED) is 0.475. The van der Waals surface area contributed by atoms with E-state index in [1.54, 1.807) is 0 Å². The Labute approximate surface area is 56.8 Å². The van der Waals surface area contributed by atoms with Crippen molar-refractivity contribution in [1.29, 1.82) is 0 Å². The van der Waals surface area contributed by atoms with Gasteiger partial charge in [0.25, 0.3) is 0 Å². The summed E-state index contributed by atoms with van der Waals surface area (Å²) in [6.45, 7) is 0. The second-order valence-electron chi connectivity index (χ2n) is 0. The molecular weight excluding hydrogens is 291 g/mol. The number of nitrogens with two attached hydrogens (primary N) is 2. The zero-order valence-corrected chi connectivity index (χ0v) is 6.33. The third-order valence-corrected chi connectivity index (χ3v) is 0. The number of hydrogen-bond donors (Lipinski definition) is 2. The van der Waals surface area contributed by atoms with Crippen LogP contribution in [0.15, 0.2) is 0 Å². The number of rotatable bonds is 0. The minimum Gasteiger partial charge on any atom is -0.274 e. The van der Waals surface area contributed by atoms with Crippen LogP contribution in [0.2, 0.25) is 0 Å². The first-order chi connectivity index (χ1) is 1.00. The van der Waals surface area contributed by atoms with E-state index >= 15 is 0 Å². The van der Waals surface area contributed by atoms with E-state index in [9.17, 15) is 0 Å². The molecule has 0 aromatic heterocycles. The van der Waals surface area contributed by atoms with Gasteiger partial charge in [0.05, 0.1) is 0 Å². The Balaban J connectivity index is -0.00000000167. The molecule has 0 heterocycles. The molecule has 0 aliphatic heterocycles. The van der Waals surface area contributed by atoms with Crippen molar-refractivity contribution in [3.8, 4) is 0 Å². The molecule has 0 aromatic rings. The summed E-state index contributed by atoms with van der Waals surface area (Å²) in [4.78, 5) is 0. The second-order valence-corrected chi connectivity index (χ2v) is 0. The van der Waals surface area contributed by atoms with Gasteiger partial charge in [0.2, 0.25) is 0 Å². The van der Waals surface area contributed by atoms with Gasteiger partial charge in [0.15, 0.2) is 0 Å². The molecule has 0 aromatic carbocycles. The molecule has 0 rings (SSSR count). The molecule has 0 fully saturated rings. The van der Waals surface area contributed by atoms with E-state index in [0.29, 0.717) is 0 Å². The Morgan fingerprint density at radius 1 is 0.800 bits per heavy atom. The molecule has 0 aliphatic carbocycles. The molecule has 0 spiro atoms. The standard InChI is InChI=1S/2ClH.Ir.H4N2/c;;;1-2/h2*1H;;1-2H2. The molecular formula is H6Cl2IrN2. The first kappa shape index (κ1) is 35.3. The van der Waals surface area contributed by atoms with Gasteiger partial charge in [-0.1, -0.05) is 0 Å². The Morgan fingerprint density at radius 2 is 0.800 bits per heavy atom. The summed E-state index contributed by atoms with van der Waals surface area (Å²) >= 11 is 0. The average molecular weight is 297 g/mol. The molecule has 0 unspecified atom stereocenters. The molecule has 1 radical (unpaired) electrons. The summed E-state index contributed by atoms with van der Waals surface area (Å²) in [6.07, 6.45) is 0. The summed E-state index contributed by atoms with van der Waals surface area (Å²) in [7, 11) is 0. The second kappa shape index (κ2) is 67.1. The number of hydrazine groups is 1. The molecule has 0 saturated heterocycles. The van der Waals surface area contributed by atoms with Crippen molar-refractivity contribution < 1.29 is 20.1 Å². The van der Waals surface area contributed by atoms with E-state index < -0.39 is 0 Å². The molecule has 0 bridgehead atoms. The fourth-order valence-corrected chi connectivity index (χ4v) is 0. The maximum atomic E-state index is 4.00. The van der Waals surface area contributed by atoms with Crippen molar-refractivity contribution >= 4 is 24.8 Å². The van der Waals surface area contributed by atoms with Gasteiger partial charge in [-0.15, -0.1) is 24.8 Å². The van der Waals surface area contributed by atoms with Gasteiger partial charge in [-0.25, -0.2) is 0 Å². The normalized spacial score (nSPS) is 1.20. The first-order valence-corrected chi connectivity index (χ1v) is 0.333. The smallest absolute Gasteiger partial charge is 0 e. The van der Waals surface area contributed by atoms with Crippen LogP contribution in [0.1, 0.15) is 0 Å². The summed E-state index contributed by atoms with van der Waals surface area (Å²) in [5.41, 5.74) is 0. The van der Waals surface area contributed by atoms with Crippen LogP contribution in [0.5, 0.6) is 0 Å². The van der Waals surface area contributed by atoms with Gasteiger partial charge in [-0.2, -0.15) is 0 Å². The van der Waals surface area contributed by atoms with Gasteiger partial charge < -0.3 is 0 Å². The largest absolute Gasteiger partial charge is 0.274 e. The summed E-state index contributed by atoms with van der Waals surface area (Å²) < 4.78 is 0. The molecule has 5 heavy (non-hydrogen) atoms. The molecule has 0 amide bonds. The van der Waals surface area contributed by atoms with Gasteiger partial charge in [0, 0.05) is 20.1 Å². The third-order valence-electron chi connectivity index (χ3n) is 0. The third kappa shape index (κ3) is 38.7. The Kier molecular flexibility index (Phi) is 474. The summed E-state index contributed by atoms with van der Waals surface area (Å²) in [6, 6.07) is 0. The fraction of sp³-hybridized carbons (Fsp3) is 0. The molecule has 4 N–H and O–H groups in total. The van der Waals surface area contributed by atoms with Gasteiger partial charge in [-0.05, 0) is 0 Å². The zero-order chi connectivity index (χ0) is 2.00. The van der Waals surface area contributed by atoms with E-state index in [2.05, 4.69) is 11.7 Å². The van der Waals surface area contributed by atoms with Crippen LogP contribution in [0.3, 0.4) is 0 Å². The molecule has 0 aliphatic rings. The molecule has 0 saturated carbocycles. The summed E-state index contributed by atoms with van der Waals surface area (Å²) in [5, 5.41) is 0. The molecule has 2 nitrogen and oxygen atoms in total. The molecule has 0 atom stereocenters. The molecule has 39 valence electrons. The Morgan fingerprint density at radius 3 is 0.800 bits per heavy atom. The van der Waals surface area contributed by atoms with Crippen LogP contribution in [0.4, 0.5) is 0 Å². The Hall–Kier alpha value is 1.15. The van der Waals surface area contributed by atoms with E-state index in [0.717, 1.165) is 0 Å². The van der Waals surface area contributed by atoms with Crippen molar-refractivity contribution in [3.63, 3.8) is 0 Å². The van der Waals surface area contributed by atoms with Crippen LogP contribution in [-0.4, -0.2) is 0 Å². The number of halogens is 2. The summed E-state index contributed by atoms with van der Waals surface area (Å²) in [5.74, 6) is 8.00.